The molecule has 1 N–H and O–H groups in total. The lowest BCUT2D eigenvalue weighted by molar-refractivity contribution is 0.203. The van der Waals surface area contributed by atoms with Crippen molar-refractivity contribution < 1.29 is 14.6 Å². The van der Waals surface area contributed by atoms with Gasteiger partial charge in [-0.05, 0) is 23.6 Å². The minimum absolute atomic E-state index is 0.0881. The summed E-state index contributed by atoms with van der Waals surface area (Å²) in [4.78, 5) is 13.9. The average Bonchev–Trinajstić information content (AvgIpc) is 2.54. The van der Waals surface area contributed by atoms with Crippen LogP contribution >= 0.6 is 0 Å². The zero-order valence-electron chi connectivity index (χ0n) is 11.7. The molecule has 0 saturated heterocycles. The highest BCUT2D eigenvalue weighted by atomic mass is 16.6. The number of carbonyl (C=O) groups is 1. The maximum atomic E-state index is 12.3. The normalized spacial score (nSPS) is 13.8. The lowest BCUT2D eigenvalue weighted by atomic mass is 10.1. The highest BCUT2D eigenvalue weighted by Crippen LogP contribution is 2.34. The summed E-state index contributed by atoms with van der Waals surface area (Å²) in [5, 5.41) is 11.6. The van der Waals surface area contributed by atoms with E-state index in [0.29, 0.717) is 12.3 Å². The van der Waals surface area contributed by atoms with Crippen molar-refractivity contribution in [2.24, 2.45) is 0 Å². The first-order valence-electron chi connectivity index (χ1n) is 7.01. The van der Waals surface area contributed by atoms with Gasteiger partial charge >= 0.3 is 6.09 Å². The Morgan fingerprint density at radius 2 is 1.82 bits per heavy atom. The summed E-state index contributed by atoms with van der Waals surface area (Å²) in [5.74, 6) is 0.506. The number of benzene rings is 3. The molecule has 4 nitrogen and oxygen atoms in total. The molecule has 0 fully saturated rings. The third kappa shape index (κ3) is 1.97. The first kappa shape index (κ1) is 12.7. The summed E-state index contributed by atoms with van der Waals surface area (Å²) in [7, 11) is 0. The van der Waals surface area contributed by atoms with Crippen molar-refractivity contribution in [2.45, 2.75) is 6.54 Å². The van der Waals surface area contributed by atoms with Crippen LogP contribution in [-0.2, 0) is 6.54 Å². The van der Waals surface area contributed by atoms with Crippen molar-refractivity contribution in [1.82, 2.24) is 0 Å². The van der Waals surface area contributed by atoms with Crippen LogP contribution in [0, 0.1) is 0 Å². The SMILES string of the molecule is O=C1Oc2cc(O)ccc2CN1c1cccc2ccccc12. The predicted molar refractivity (Wildman–Crippen MR) is 84.3 cm³/mol. The van der Waals surface area contributed by atoms with Gasteiger partial charge in [0.2, 0.25) is 0 Å². The Balaban J connectivity index is 1.82. The van der Waals surface area contributed by atoms with Crippen molar-refractivity contribution in [3.05, 3.63) is 66.2 Å². The monoisotopic (exact) mass is 291 g/mol. The van der Waals surface area contributed by atoms with Gasteiger partial charge in [-0.15, -0.1) is 0 Å². The highest BCUT2D eigenvalue weighted by molar-refractivity contribution is 6.02. The van der Waals surface area contributed by atoms with Gasteiger partial charge in [0.1, 0.15) is 11.5 Å². The number of aromatic hydroxyl groups is 1. The first-order chi connectivity index (χ1) is 10.7. The zero-order chi connectivity index (χ0) is 15.1. The van der Waals surface area contributed by atoms with Crippen LogP contribution in [0.5, 0.6) is 11.5 Å². The quantitative estimate of drug-likeness (QED) is 0.735. The Labute approximate surface area is 127 Å². The molecule has 22 heavy (non-hydrogen) atoms. The van der Waals surface area contributed by atoms with E-state index in [9.17, 15) is 9.90 Å². The molecule has 1 heterocycles. The van der Waals surface area contributed by atoms with Gasteiger partial charge < -0.3 is 9.84 Å². The molecule has 4 rings (SSSR count). The van der Waals surface area contributed by atoms with E-state index in [1.54, 1.807) is 17.0 Å². The second-order valence-corrected chi connectivity index (χ2v) is 5.24. The Morgan fingerprint density at radius 1 is 1.00 bits per heavy atom. The predicted octanol–water partition coefficient (Wildman–Crippen LogP) is 4.06. The van der Waals surface area contributed by atoms with Crippen molar-refractivity contribution in [1.29, 1.82) is 0 Å². The molecule has 3 aromatic rings. The second-order valence-electron chi connectivity index (χ2n) is 5.24. The lowest BCUT2D eigenvalue weighted by Gasteiger charge is -2.28. The number of hydrogen-bond acceptors (Lipinski definition) is 3. The fraction of sp³-hybridized carbons (Fsp3) is 0.0556. The van der Waals surface area contributed by atoms with E-state index in [2.05, 4.69) is 0 Å². The highest BCUT2D eigenvalue weighted by Gasteiger charge is 2.27. The summed E-state index contributed by atoms with van der Waals surface area (Å²) in [6, 6.07) is 18.6. The van der Waals surface area contributed by atoms with Gasteiger partial charge in [-0.3, -0.25) is 4.90 Å². The third-order valence-corrected chi connectivity index (χ3v) is 3.85. The van der Waals surface area contributed by atoms with Crippen LogP contribution in [-0.4, -0.2) is 11.2 Å². The third-order valence-electron chi connectivity index (χ3n) is 3.85. The number of rotatable bonds is 1. The smallest absolute Gasteiger partial charge is 0.420 e. The van der Waals surface area contributed by atoms with Gasteiger partial charge in [0.15, 0.2) is 0 Å². The number of hydrogen-bond donors (Lipinski definition) is 1. The number of anilines is 1. The number of nitrogens with zero attached hydrogens (tertiary/aromatic N) is 1. The molecule has 0 bridgehead atoms. The van der Waals surface area contributed by atoms with Gasteiger partial charge in [-0.25, -0.2) is 4.79 Å². The summed E-state index contributed by atoms with van der Waals surface area (Å²) in [5.41, 5.74) is 1.69. The average molecular weight is 291 g/mol. The van der Waals surface area contributed by atoms with Crippen LogP contribution in [0.3, 0.4) is 0 Å². The molecular formula is C18H13NO3. The van der Waals surface area contributed by atoms with Gasteiger partial charge in [-0.2, -0.15) is 0 Å². The molecule has 4 heteroatoms. The number of amides is 1. The minimum atomic E-state index is -0.436. The summed E-state index contributed by atoms with van der Waals surface area (Å²) in [6.07, 6.45) is -0.436. The molecule has 0 aliphatic carbocycles. The molecule has 1 aliphatic heterocycles. The van der Waals surface area contributed by atoms with Crippen LogP contribution in [0.1, 0.15) is 5.56 Å². The molecule has 0 saturated carbocycles. The Kier molecular flexibility index (Phi) is 2.76. The van der Waals surface area contributed by atoms with E-state index in [1.165, 1.54) is 6.07 Å². The largest absolute Gasteiger partial charge is 0.508 e. The van der Waals surface area contributed by atoms with Gasteiger partial charge in [0.25, 0.3) is 0 Å². The zero-order valence-corrected chi connectivity index (χ0v) is 11.7. The maximum absolute atomic E-state index is 12.3. The molecule has 0 atom stereocenters. The molecule has 108 valence electrons. The van der Waals surface area contributed by atoms with E-state index >= 15 is 0 Å². The van der Waals surface area contributed by atoms with Crippen molar-refractivity contribution in [3.63, 3.8) is 0 Å². The molecule has 1 aliphatic rings. The second kappa shape index (κ2) is 4.77. The molecule has 1 amide bonds. The first-order valence-corrected chi connectivity index (χ1v) is 7.01. The fourth-order valence-corrected chi connectivity index (χ4v) is 2.78. The van der Waals surface area contributed by atoms with Crippen molar-refractivity contribution >= 4 is 22.6 Å². The number of phenols is 1. The molecule has 3 aromatic carbocycles. The summed E-state index contributed by atoms with van der Waals surface area (Å²) in [6.45, 7) is 0.419. The van der Waals surface area contributed by atoms with Crippen LogP contribution in [0.15, 0.2) is 60.7 Å². The van der Waals surface area contributed by atoms with Gasteiger partial charge in [-0.1, -0.05) is 36.4 Å². The Morgan fingerprint density at radius 3 is 2.73 bits per heavy atom. The molecular weight excluding hydrogens is 278 g/mol. The van der Waals surface area contributed by atoms with Crippen LogP contribution in [0.25, 0.3) is 10.8 Å². The molecule has 0 spiro atoms. The van der Waals surface area contributed by atoms with Crippen LogP contribution in [0.4, 0.5) is 10.5 Å². The van der Waals surface area contributed by atoms with E-state index in [4.69, 9.17) is 4.74 Å². The van der Waals surface area contributed by atoms with E-state index < -0.39 is 6.09 Å². The van der Waals surface area contributed by atoms with Gasteiger partial charge in [0.05, 0.1) is 12.2 Å². The Hall–Kier alpha value is -3.01. The number of carbonyl (C=O) groups excluding carboxylic acids is 1. The molecule has 0 radical (unpaired) electrons. The maximum Gasteiger partial charge on any atom is 0.420 e. The lowest BCUT2D eigenvalue weighted by Crippen LogP contribution is -2.37. The van der Waals surface area contributed by atoms with E-state index in [0.717, 1.165) is 22.0 Å². The molecule has 0 aromatic heterocycles. The standard InChI is InChI=1S/C18H13NO3/c20-14-9-8-13-11-19(18(21)22-17(13)10-14)16-7-3-5-12-4-1-2-6-15(12)16/h1-10,20H,11H2. The van der Waals surface area contributed by atoms with E-state index in [-0.39, 0.29) is 5.75 Å². The van der Waals surface area contributed by atoms with Gasteiger partial charge in [0, 0.05) is 17.0 Å². The number of fused-ring (bicyclic) bond motifs is 2. The fourth-order valence-electron chi connectivity index (χ4n) is 2.78. The van der Waals surface area contributed by atoms with Crippen LogP contribution in [0.2, 0.25) is 0 Å². The molecule has 0 unspecified atom stereocenters. The van der Waals surface area contributed by atoms with Crippen molar-refractivity contribution in [3.8, 4) is 11.5 Å². The van der Waals surface area contributed by atoms with Crippen LogP contribution < -0.4 is 9.64 Å². The summed E-state index contributed by atoms with van der Waals surface area (Å²) < 4.78 is 5.36. The van der Waals surface area contributed by atoms with Crippen molar-refractivity contribution in [2.75, 3.05) is 4.90 Å². The summed E-state index contributed by atoms with van der Waals surface area (Å²) >= 11 is 0. The number of ether oxygens (including phenoxy) is 1. The number of phenolic OH excluding ortho intramolecular Hbond substituents is 1. The Bertz CT molecular complexity index is 883. The topological polar surface area (TPSA) is 49.8 Å². The minimum Gasteiger partial charge on any atom is -0.508 e. The van der Waals surface area contributed by atoms with E-state index in [1.807, 2.05) is 42.5 Å².